The van der Waals surface area contributed by atoms with Crippen molar-refractivity contribution in [2.45, 2.75) is 13.8 Å². The predicted molar refractivity (Wildman–Crippen MR) is 85.1 cm³/mol. The van der Waals surface area contributed by atoms with Gasteiger partial charge in [0.05, 0.1) is 12.1 Å². The van der Waals surface area contributed by atoms with Crippen molar-refractivity contribution in [2.75, 3.05) is 18.9 Å². The molecule has 0 aliphatic rings. The van der Waals surface area contributed by atoms with Gasteiger partial charge in [0.15, 0.2) is 0 Å². The van der Waals surface area contributed by atoms with E-state index in [9.17, 15) is 9.59 Å². The zero-order valence-corrected chi connectivity index (χ0v) is 13.2. The summed E-state index contributed by atoms with van der Waals surface area (Å²) in [5.74, 6) is -1.09. The molecule has 1 aromatic heterocycles. The maximum Gasteiger partial charge on any atom is 0.321 e. The van der Waals surface area contributed by atoms with Crippen LogP contribution in [-0.2, 0) is 4.79 Å². The summed E-state index contributed by atoms with van der Waals surface area (Å²) in [4.78, 5) is 28.4. The molecule has 1 aromatic carbocycles. The number of aromatic nitrogens is 1. The molecule has 7 nitrogen and oxygen atoms in total. The fourth-order valence-electron chi connectivity index (χ4n) is 2.08. The SMILES string of the molecule is Cc1ccc(NC(=O)N(C)CC(C)C(=O)O)cc1-c1ncco1. The van der Waals surface area contributed by atoms with Gasteiger partial charge in [0, 0.05) is 24.8 Å². The Morgan fingerprint density at radius 2 is 2.17 bits per heavy atom. The highest BCUT2D eigenvalue weighted by atomic mass is 16.4. The number of oxazole rings is 1. The summed E-state index contributed by atoms with van der Waals surface area (Å²) in [6.45, 7) is 3.60. The molecule has 1 heterocycles. The van der Waals surface area contributed by atoms with Crippen molar-refractivity contribution in [3.8, 4) is 11.5 Å². The zero-order chi connectivity index (χ0) is 17.0. The largest absolute Gasteiger partial charge is 0.481 e. The first-order valence-electron chi connectivity index (χ1n) is 7.14. The van der Waals surface area contributed by atoms with E-state index in [0.717, 1.165) is 11.1 Å². The van der Waals surface area contributed by atoms with Crippen LogP contribution in [0.4, 0.5) is 10.5 Å². The smallest absolute Gasteiger partial charge is 0.321 e. The molecule has 0 aliphatic heterocycles. The number of nitrogens with zero attached hydrogens (tertiary/aromatic N) is 2. The number of hydrogen-bond donors (Lipinski definition) is 2. The molecule has 23 heavy (non-hydrogen) atoms. The van der Waals surface area contributed by atoms with E-state index in [1.807, 2.05) is 13.0 Å². The first-order valence-corrected chi connectivity index (χ1v) is 7.14. The summed E-state index contributed by atoms with van der Waals surface area (Å²) in [6, 6.07) is 5.02. The number of carbonyl (C=O) groups excluding carboxylic acids is 1. The Labute approximate surface area is 133 Å². The molecule has 122 valence electrons. The predicted octanol–water partition coefficient (Wildman–Crippen LogP) is 2.83. The van der Waals surface area contributed by atoms with E-state index in [4.69, 9.17) is 9.52 Å². The summed E-state index contributed by atoms with van der Waals surface area (Å²) >= 11 is 0. The number of carboxylic acid groups (broad SMARTS) is 1. The first kappa shape index (κ1) is 16.5. The first-order chi connectivity index (χ1) is 10.9. The summed E-state index contributed by atoms with van der Waals surface area (Å²) in [6.07, 6.45) is 3.04. The van der Waals surface area contributed by atoms with E-state index < -0.39 is 11.9 Å². The van der Waals surface area contributed by atoms with Crippen LogP contribution in [0.2, 0.25) is 0 Å². The number of benzene rings is 1. The van der Waals surface area contributed by atoms with Crippen LogP contribution in [0.25, 0.3) is 11.5 Å². The maximum atomic E-state index is 12.1. The third kappa shape index (κ3) is 4.09. The number of amides is 2. The highest BCUT2D eigenvalue weighted by Gasteiger charge is 2.18. The Morgan fingerprint density at radius 3 is 2.78 bits per heavy atom. The zero-order valence-electron chi connectivity index (χ0n) is 13.2. The van der Waals surface area contributed by atoms with Crippen molar-refractivity contribution in [1.29, 1.82) is 0 Å². The van der Waals surface area contributed by atoms with Gasteiger partial charge in [0.2, 0.25) is 5.89 Å². The van der Waals surface area contributed by atoms with Crippen LogP contribution in [0, 0.1) is 12.8 Å². The standard InChI is InChI=1S/C16H19N3O4/c1-10-4-5-12(8-13(10)14-17-6-7-23-14)18-16(22)19(3)9-11(2)15(20)21/h4-8,11H,9H2,1-3H3,(H,18,22)(H,20,21). The molecule has 0 saturated heterocycles. The molecule has 7 heteroatoms. The molecule has 0 saturated carbocycles. The lowest BCUT2D eigenvalue weighted by Gasteiger charge is -2.20. The number of hydrogen-bond acceptors (Lipinski definition) is 4. The van der Waals surface area contributed by atoms with Crippen LogP contribution in [0.1, 0.15) is 12.5 Å². The monoisotopic (exact) mass is 317 g/mol. The molecule has 2 N–H and O–H groups in total. The number of carboxylic acids is 1. The van der Waals surface area contributed by atoms with Gasteiger partial charge in [0.25, 0.3) is 0 Å². The Hall–Kier alpha value is -2.83. The lowest BCUT2D eigenvalue weighted by molar-refractivity contribution is -0.141. The summed E-state index contributed by atoms with van der Waals surface area (Å²) in [5, 5.41) is 11.6. The van der Waals surface area contributed by atoms with Crippen molar-refractivity contribution in [1.82, 2.24) is 9.88 Å². The normalized spacial score (nSPS) is 11.8. The highest BCUT2D eigenvalue weighted by Crippen LogP contribution is 2.25. The van der Waals surface area contributed by atoms with Crippen LogP contribution < -0.4 is 5.32 Å². The van der Waals surface area contributed by atoms with Gasteiger partial charge >= 0.3 is 12.0 Å². The quantitative estimate of drug-likeness (QED) is 0.884. The second kappa shape index (κ2) is 6.95. The Morgan fingerprint density at radius 1 is 1.43 bits per heavy atom. The molecule has 0 spiro atoms. The second-order valence-electron chi connectivity index (χ2n) is 5.42. The number of nitrogens with one attached hydrogen (secondary N) is 1. The summed E-state index contributed by atoms with van der Waals surface area (Å²) < 4.78 is 5.29. The van der Waals surface area contributed by atoms with Crippen LogP contribution in [-0.4, -0.2) is 40.6 Å². The van der Waals surface area contributed by atoms with Gasteiger partial charge in [-0.2, -0.15) is 0 Å². The second-order valence-corrected chi connectivity index (χ2v) is 5.42. The molecule has 0 fully saturated rings. The highest BCUT2D eigenvalue weighted by molar-refractivity contribution is 5.90. The summed E-state index contributed by atoms with van der Waals surface area (Å²) in [5.41, 5.74) is 2.34. The van der Waals surface area contributed by atoms with Crippen LogP contribution in [0.3, 0.4) is 0 Å². The molecule has 0 aliphatic carbocycles. The van der Waals surface area contributed by atoms with E-state index in [1.54, 1.807) is 32.3 Å². The number of aryl methyl sites for hydroxylation is 1. The van der Waals surface area contributed by atoms with Gasteiger partial charge in [-0.05, 0) is 24.6 Å². The number of rotatable bonds is 5. The Kier molecular flexibility index (Phi) is 5.00. The van der Waals surface area contributed by atoms with E-state index in [-0.39, 0.29) is 12.6 Å². The van der Waals surface area contributed by atoms with Crippen molar-refractivity contribution in [3.63, 3.8) is 0 Å². The molecule has 2 aromatic rings. The number of anilines is 1. The molecule has 1 atom stereocenters. The molecule has 2 rings (SSSR count). The summed E-state index contributed by atoms with van der Waals surface area (Å²) in [7, 11) is 1.55. The minimum absolute atomic E-state index is 0.125. The molecule has 0 radical (unpaired) electrons. The minimum atomic E-state index is -0.939. The Balaban J connectivity index is 2.10. The molecule has 2 amide bonds. The fraction of sp³-hybridized carbons (Fsp3) is 0.312. The van der Waals surface area contributed by atoms with Crippen molar-refractivity contribution in [3.05, 3.63) is 36.2 Å². The van der Waals surface area contributed by atoms with Gasteiger partial charge in [-0.3, -0.25) is 4.79 Å². The van der Waals surface area contributed by atoms with Crippen LogP contribution in [0.5, 0.6) is 0 Å². The number of carbonyl (C=O) groups is 2. The van der Waals surface area contributed by atoms with E-state index in [2.05, 4.69) is 10.3 Å². The topological polar surface area (TPSA) is 95.7 Å². The van der Waals surface area contributed by atoms with Gasteiger partial charge in [-0.25, -0.2) is 9.78 Å². The van der Waals surface area contributed by atoms with Crippen molar-refractivity contribution in [2.24, 2.45) is 5.92 Å². The lowest BCUT2D eigenvalue weighted by atomic mass is 10.1. The van der Waals surface area contributed by atoms with Crippen molar-refractivity contribution >= 4 is 17.7 Å². The molecular weight excluding hydrogens is 298 g/mol. The van der Waals surface area contributed by atoms with E-state index in [1.165, 1.54) is 11.2 Å². The van der Waals surface area contributed by atoms with Gasteiger partial charge in [-0.1, -0.05) is 13.0 Å². The average molecular weight is 317 g/mol. The van der Waals surface area contributed by atoms with E-state index in [0.29, 0.717) is 11.6 Å². The maximum absolute atomic E-state index is 12.1. The van der Waals surface area contributed by atoms with E-state index >= 15 is 0 Å². The lowest BCUT2D eigenvalue weighted by Crippen LogP contribution is -2.36. The van der Waals surface area contributed by atoms with Crippen LogP contribution in [0.15, 0.2) is 35.1 Å². The van der Waals surface area contributed by atoms with Crippen LogP contribution >= 0.6 is 0 Å². The minimum Gasteiger partial charge on any atom is -0.481 e. The van der Waals surface area contributed by atoms with Crippen molar-refractivity contribution < 1.29 is 19.1 Å². The average Bonchev–Trinajstić information content (AvgIpc) is 3.02. The fourth-order valence-corrected chi connectivity index (χ4v) is 2.08. The molecule has 0 bridgehead atoms. The molecule has 1 unspecified atom stereocenters. The third-order valence-electron chi connectivity index (χ3n) is 3.47. The van der Waals surface area contributed by atoms with Gasteiger partial charge in [-0.15, -0.1) is 0 Å². The Bertz CT molecular complexity index is 697. The van der Waals surface area contributed by atoms with Gasteiger partial charge < -0.3 is 19.7 Å². The van der Waals surface area contributed by atoms with Gasteiger partial charge in [0.1, 0.15) is 6.26 Å². The number of aliphatic carboxylic acids is 1. The molecular formula is C16H19N3O4. The third-order valence-corrected chi connectivity index (χ3v) is 3.47. The number of urea groups is 1.